The Kier molecular flexibility index (Phi) is 8.45. The zero-order chi connectivity index (χ0) is 25.7. The van der Waals surface area contributed by atoms with Gasteiger partial charge in [0.05, 0.1) is 0 Å². The van der Waals surface area contributed by atoms with E-state index in [2.05, 4.69) is 79.5 Å². The fourth-order valence-corrected chi connectivity index (χ4v) is 11.2. The first-order chi connectivity index (χ1) is 16.4. The molecule has 4 rings (SSSR count). The third-order valence-electron chi connectivity index (χ3n) is 11.3. The van der Waals surface area contributed by atoms with E-state index in [1.807, 2.05) is 0 Å². The van der Waals surface area contributed by atoms with Gasteiger partial charge >= 0.3 is 5.97 Å². The smallest absolute Gasteiger partial charge is 0.302 e. The van der Waals surface area contributed by atoms with Gasteiger partial charge in [-0.3, -0.25) is 4.79 Å². The summed E-state index contributed by atoms with van der Waals surface area (Å²) in [4.78, 5) is 11.6. The van der Waals surface area contributed by atoms with Crippen molar-refractivity contribution in [2.75, 3.05) is 0 Å². The second kappa shape index (κ2) is 10.6. The first kappa shape index (κ1) is 27.9. The Morgan fingerprint density at radius 1 is 1.06 bits per heavy atom. The summed E-state index contributed by atoms with van der Waals surface area (Å²) in [5.74, 6) is 4.87. The molecule has 198 valence electrons. The highest BCUT2D eigenvalue weighted by Crippen LogP contribution is 2.68. The summed E-state index contributed by atoms with van der Waals surface area (Å²) < 4.78 is 8.47. The standard InChI is InChI=1S/C31H48Br2O2/c1-8-23(18(2)3)29(33)28(32)19(4)25-11-12-26-24-10-9-21-17-22(35-20(5)34)13-15-30(21,6)27(24)14-16-31(25,26)7/h9,18-19,22-27H,8,10-17H2,1-7H3. The molecule has 0 heterocycles. The lowest BCUT2D eigenvalue weighted by atomic mass is 9.47. The zero-order valence-electron chi connectivity index (χ0n) is 23.1. The Bertz CT molecular complexity index is 875. The average Bonchev–Trinajstić information content (AvgIpc) is 3.15. The highest BCUT2D eigenvalue weighted by molar-refractivity contribution is 9.14. The first-order valence-corrected chi connectivity index (χ1v) is 15.9. The van der Waals surface area contributed by atoms with Gasteiger partial charge in [0.25, 0.3) is 0 Å². The molecule has 3 fully saturated rings. The number of carbonyl (C=O) groups is 1. The molecule has 0 saturated heterocycles. The molecule has 2 nitrogen and oxygen atoms in total. The maximum atomic E-state index is 11.6. The lowest BCUT2D eigenvalue weighted by molar-refractivity contribution is -0.148. The van der Waals surface area contributed by atoms with Crippen molar-refractivity contribution in [2.45, 2.75) is 112 Å². The molecule has 0 amide bonds. The minimum atomic E-state index is -0.127. The normalized spacial score (nSPS) is 41.2. The van der Waals surface area contributed by atoms with Crippen LogP contribution < -0.4 is 0 Å². The number of rotatable bonds is 6. The van der Waals surface area contributed by atoms with Crippen molar-refractivity contribution >= 4 is 37.8 Å². The number of allylic oxidation sites excluding steroid dienone is 3. The molecule has 0 N–H and O–H groups in total. The lowest BCUT2D eigenvalue weighted by Crippen LogP contribution is -2.51. The number of carbonyl (C=O) groups excluding carboxylic acids is 1. The van der Waals surface area contributed by atoms with Crippen molar-refractivity contribution < 1.29 is 9.53 Å². The Hall–Kier alpha value is -0.0900. The fraction of sp³-hybridized carbons (Fsp3) is 0.839. The van der Waals surface area contributed by atoms with Crippen molar-refractivity contribution in [3.05, 3.63) is 20.6 Å². The maximum absolute atomic E-state index is 11.6. The largest absolute Gasteiger partial charge is 0.462 e. The summed E-state index contributed by atoms with van der Waals surface area (Å²) in [6.07, 6.45) is 13.7. The molecule has 0 aromatic heterocycles. The predicted molar refractivity (Wildman–Crippen MR) is 153 cm³/mol. The van der Waals surface area contributed by atoms with Crippen LogP contribution in [0.2, 0.25) is 0 Å². The summed E-state index contributed by atoms with van der Waals surface area (Å²) >= 11 is 8.14. The van der Waals surface area contributed by atoms with Crippen LogP contribution in [0.4, 0.5) is 0 Å². The van der Waals surface area contributed by atoms with Crippen LogP contribution in [0.5, 0.6) is 0 Å². The van der Waals surface area contributed by atoms with Gasteiger partial charge in [-0.25, -0.2) is 0 Å². The van der Waals surface area contributed by atoms with E-state index < -0.39 is 0 Å². The Morgan fingerprint density at radius 2 is 1.77 bits per heavy atom. The minimum absolute atomic E-state index is 0.0920. The SMILES string of the molecule is CCC(C(Br)=C(Br)C(C)C1CCC2C3CC=C4CC(OC(C)=O)CCC4(C)C3CCC12C)C(C)C. The highest BCUT2D eigenvalue weighted by atomic mass is 79.9. The van der Waals surface area contributed by atoms with Crippen LogP contribution in [0, 0.1) is 52.3 Å². The second-order valence-electron chi connectivity index (χ2n) is 13.2. The Labute approximate surface area is 231 Å². The van der Waals surface area contributed by atoms with Gasteiger partial charge in [0, 0.05) is 22.3 Å². The number of hydrogen-bond acceptors (Lipinski definition) is 2. The van der Waals surface area contributed by atoms with Crippen LogP contribution in [0.15, 0.2) is 20.6 Å². The van der Waals surface area contributed by atoms with Gasteiger partial charge in [0.2, 0.25) is 0 Å². The molecule has 4 heteroatoms. The van der Waals surface area contributed by atoms with Gasteiger partial charge in [-0.2, -0.15) is 0 Å². The van der Waals surface area contributed by atoms with Crippen molar-refractivity contribution in [1.29, 1.82) is 0 Å². The summed E-state index contributed by atoms with van der Waals surface area (Å²) in [5, 5.41) is 0. The predicted octanol–water partition coefficient (Wildman–Crippen LogP) is 9.82. The molecule has 0 aromatic carbocycles. The van der Waals surface area contributed by atoms with E-state index in [0.717, 1.165) is 36.5 Å². The summed E-state index contributed by atoms with van der Waals surface area (Å²) in [7, 11) is 0. The van der Waals surface area contributed by atoms with Gasteiger partial charge in [0.15, 0.2) is 0 Å². The Balaban J connectivity index is 1.55. The van der Waals surface area contributed by atoms with E-state index in [1.165, 1.54) is 53.9 Å². The van der Waals surface area contributed by atoms with Crippen LogP contribution in [-0.2, 0) is 9.53 Å². The van der Waals surface area contributed by atoms with E-state index in [-0.39, 0.29) is 12.1 Å². The number of esters is 1. The average molecular weight is 613 g/mol. The molecular weight excluding hydrogens is 564 g/mol. The van der Waals surface area contributed by atoms with Crippen molar-refractivity contribution in [2.24, 2.45) is 52.3 Å². The van der Waals surface area contributed by atoms with Gasteiger partial charge in [-0.1, -0.05) is 85.1 Å². The van der Waals surface area contributed by atoms with Gasteiger partial charge in [-0.15, -0.1) is 0 Å². The summed E-state index contributed by atoms with van der Waals surface area (Å²) in [6.45, 7) is 16.2. The molecule has 9 atom stereocenters. The van der Waals surface area contributed by atoms with Crippen LogP contribution in [0.1, 0.15) is 106 Å². The molecule has 0 aromatic rings. The summed E-state index contributed by atoms with van der Waals surface area (Å²) in [6, 6.07) is 0. The third-order valence-corrected chi connectivity index (χ3v) is 14.0. The molecule has 4 aliphatic carbocycles. The molecule has 0 radical (unpaired) electrons. The van der Waals surface area contributed by atoms with Crippen molar-refractivity contribution in [3.8, 4) is 0 Å². The zero-order valence-corrected chi connectivity index (χ0v) is 26.3. The van der Waals surface area contributed by atoms with Gasteiger partial charge < -0.3 is 4.74 Å². The fourth-order valence-electron chi connectivity index (χ4n) is 9.34. The monoisotopic (exact) mass is 610 g/mol. The van der Waals surface area contributed by atoms with E-state index in [1.54, 1.807) is 12.5 Å². The third kappa shape index (κ3) is 4.90. The number of halogens is 2. The quantitative estimate of drug-likeness (QED) is 0.221. The molecule has 3 saturated carbocycles. The summed E-state index contributed by atoms with van der Waals surface area (Å²) in [5.41, 5.74) is 2.33. The van der Waals surface area contributed by atoms with E-state index in [0.29, 0.717) is 28.6 Å². The van der Waals surface area contributed by atoms with Crippen LogP contribution in [0.3, 0.4) is 0 Å². The highest BCUT2D eigenvalue weighted by Gasteiger charge is 2.59. The lowest BCUT2D eigenvalue weighted by Gasteiger charge is -2.58. The van der Waals surface area contributed by atoms with E-state index in [9.17, 15) is 4.79 Å². The molecular formula is C31H48Br2O2. The Morgan fingerprint density at radius 3 is 2.40 bits per heavy atom. The number of fused-ring (bicyclic) bond motifs is 5. The van der Waals surface area contributed by atoms with Crippen LogP contribution >= 0.6 is 31.9 Å². The molecule has 35 heavy (non-hydrogen) atoms. The molecule has 0 aliphatic heterocycles. The van der Waals surface area contributed by atoms with E-state index >= 15 is 0 Å². The van der Waals surface area contributed by atoms with Crippen molar-refractivity contribution in [3.63, 3.8) is 0 Å². The van der Waals surface area contributed by atoms with Crippen LogP contribution in [-0.4, -0.2) is 12.1 Å². The molecule has 4 aliphatic rings. The van der Waals surface area contributed by atoms with E-state index in [4.69, 9.17) is 4.74 Å². The molecule has 9 unspecified atom stereocenters. The first-order valence-electron chi connectivity index (χ1n) is 14.4. The van der Waals surface area contributed by atoms with Crippen LogP contribution in [0.25, 0.3) is 0 Å². The van der Waals surface area contributed by atoms with Gasteiger partial charge in [-0.05, 0) is 104 Å². The number of hydrogen-bond donors (Lipinski definition) is 0. The number of ether oxygens (including phenoxy) is 1. The van der Waals surface area contributed by atoms with Gasteiger partial charge in [0.1, 0.15) is 6.10 Å². The van der Waals surface area contributed by atoms with Crippen molar-refractivity contribution in [1.82, 2.24) is 0 Å². The minimum Gasteiger partial charge on any atom is -0.462 e. The molecule has 0 bridgehead atoms. The maximum Gasteiger partial charge on any atom is 0.302 e. The molecule has 0 spiro atoms. The topological polar surface area (TPSA) is 26.3 Å². The second-order valence-corrected chi connectivity index (χ2v) is 14.9.